The first-order chi connectivity index (χ1) is 10.1. The van der Waals surface area contributed by atoms with Gasteiger partial charge in [-0.1, -0.05) is 21.6 Å². The molecule has 0 amide bonds. The molecule has 2 rings (SSSR count). The SMILES string of the molecule is Cc1cn([C@H]2C=C(SSCCN)[C@@H](CO)O2)c(=O)[nH]c1=O. The molecule has 1 aliphatic heterocycles. The van der Waals surface area contributed by atoms with Crippen molar-refractivity contribution >= 4 is 21.6 Å². The molecule has 21 heavy (non-hydrogen) atoms. The fourth-order valence-electron chi connectivity index (χ4n) is 1.82. The topological polar surface area (TPSA) is 110 Å². The minimum Gasteiger partial charge on any atom is -0.393 e. The predicted molar refractivity (Wildman–Crippen MR) is 84.2 cm³/mol. The van der Waals surface area contributed by atoms with Crippen molar-refractivity contribution in [3.05, 3.63) is 43.6 Å². The zero-order chi connectivity index (χ0) is 15.4. The van der Waals surface area contributed by atoms with Gasteiger partial charge >= 0.3 is 5.69 Å². The number of aliphatic hydroxyl groups excluding tert-OH is 1. The summed E-state index contributed by atoms with van der Waals surface area (Å²) >= 11 is 0. The number of aryl methyl sites for hydroxylation is 1. The highest BCUT2D eigenvalue weighted by atomic mass is 33.1. The zero-order valence-corrected chi connectivity index (χ0v) is 13.1. The number of aromatic amines is 1. The van der Waals surface area contributed by atoms with E-state index < -0.39 is 23.6 Å². The molecule has 0 saturated carbocycles. The fraction of sp³-hybridized carbons (Fsp3) is 0.500. The van der Waals surface area contributed by atoms with Crippen molar-refractivity contribution in [2.24, 2.45) is 5.73 Å². The monoisotopic (exact) mass is 331 g/mol. The maximum atomic E-state index is 11.8. The summed E-state index contributed by atoms with van der Waals surface area (Å²) in [5.74, 6) is 0.780. The molecule has 2 heterocycles. The largest absolute Gasteiger partial charge is 0.393 e. The summed E-state index contributed by atoms with van der Waals surface area (Å²) < 4.78 is 6.95. The summed E-state index contributed by atoms with van der Waals surface area (Å²) in [6.07, 6.45) is 2.13. The molecule has 0 aromatic carbocycles. The van der Waals surface area contributed by atoms with E-state index in [0.717, 1.165) is 10.7 Å². The van der Waals surface area contributed by atoms with Crippen molar-refractivity contribution in [3.63, 3.8) is 0 Å². The number of ether oxygens (including phenoxy) is 1. The molecule has 4 N–H and O–H groups in total. The number of nitrogens with two attached hydrogens (primary N) is 1. The standard InChI is InChI=1S/C12H17N3O4S2/c1-7-5-15(12(18)14-11(7)17)10-4-9(8(6-16)19-10)21-20-3-2-13/h4-5,8,10,16H,2-3,6,13H2,1H3,(H,14,17,18)/t8-,10-/m1/s1. The third-order valence-electron chi connectivity index (χ3n) is 2.87. The van der Waals surface area contributed by atoms with Crippen LogP contribution in [0.1, 0.15) is 11.8 Å². The van der Waals surface area contributed by atoms with Crippen molar-refractivity contribution in [1.29, 1.82) is 0 Å². The van der Waals surface area contributed by atoms with E-state index in [1.807, 2.05) is 0 Å². The van der Waals surface area contributed by atoms with Crippen LogP contribution in [0.3, 0.4) is 0 Å². The van der Waals surface area contributed by atoms with Crippen LogP contribution in [-0.4, -0.2) is 39.7 Å². The van der Waals surface area contributed by atoms with E-state index in [2.05, 4.69) is 4.98 Å². The lowest BCUT2D eigenvalue weighted by Crippen LogP contribution is -2.33. The van der Waals surface area contributed by atoms with E-state index in [4.69, 9.17) is 10.5 Å². The Morgan fingerprint density at radius 3 is 2.95 bits per heavy atom. The Labute approximate surface area is 129 Å². The van der Waals surface area contributed by atoms with Crippen LogP contribution in [0.2, 0.25) is 0 Å². The highest BCUT2D eigenvalue weighted by Gasteiger charge is 2.29. The molecule has 7 nitrogen and oxygen atoms in total. The molecular weight excluding hydrogens is 314 g/mol. The average molecular weight is 331 g/mol. The third kappa shape index (κ3) is 3.80. The molecule has 0 radical (unpaired) electrons. The van der Waals surface area contributed by atoms with E-state index in [-0.39, 0.29) is 6.61 Å². The van der Waals surface area contributed by atoms with Crippen molar-refractivity contribution in [3.8, 4) is 0 Å². The Morgan fingerprint density at radius 1 is 1.52 bits per heavy atom. The van der Waals surface area contributed by atoms with Crippen molar-refractivity contribution in [2.45, 2.75) is 19.3 Å². The number of nitrogens with zero attached hydrogens (tertiary/aromatic N) is 1. The number of hydrogen-bond donors (Lipinski definition) is 3. The Hall–Kier alpha value is -1.00. The first-order valence-electron chi connectivity index (χ1n) is 6.36. The van der Waals surface area contributed by atoms with E-state index in [9.17, 15) is 14.7 Å². The molecule has 2 atom stereocenters. The van der Waals surface area contributed by atoms with Gasteiger partial charge in [0.1, 0.15) is 6.10 Å². The van der Waals surface area contributed by atoms with Crippen molar-refractivity contribution in [2.75, 3.05) is 18.9 Å². The van der Waals surface area contributed by atoms with Gasteiger partial charge in [0.05, 0.1) is 6.61 Å². The van der Waals surface area contributed by atoms with Crippen LogP contribution >= 0.6 is 21.6 Å². The van der Waals surface area contributed by atoms with E-state index in [0.29, 0.717) is 12.1 Å². The number of hydrogen-bond acceptors (Lipinski definition) is 7. The summed E-state index contributed by atoms with van der Waals surface area (Å²) in [5.41, 5.74) is 4.91. The number of nitrogens with one attached hydrogen (secondary N) is 1. The first-order valence-corrected chi connectivity index (χ1v) is 8.68. The van der Waals surface area contributed by atoms with Gasteiger partial charge in [-0.15, -0.1) is 0 Å². The fourth-order valence-corrected chi connectivity index (χ4v) is 3.98. The maximum absolute atomic E-state index is 11.8. The molecule has 0 saturated heterocycles. The van der Waals surface area contributed by atoms with Crippen LogP contribution in [0.4, 0.5) is 0 Å². The second kappa shape index (κ2) is 7.32. The number of aromatic nitrogens is 2. The summed E-state index contributed by atoms with van der Waals surface area (Å²) in [7, 11) is 3.04. The summed E-state index contributed by atoms with van der Waals surface area (Å²) in [6.45, 7) is 2.01. The van der Waals surface area contributed by atoms with E-state index >= 15 is 0 Å². The van der Waals surface area contributed by atoms with Gasteiger partial charge in [0.15, 0.2) is 6.23 Å². The summed E-state index contributed by atoms with van der Waals surface area (Å²) in [5, 5.41) is 9.37. The molecule has 1 aromatic heterocycles. The van der Waals surface area contributed by atoms with Crippen LogP contribution in [0.15, 0.2) is 26.8 Å². The number of rotatable bonds is 6. The summed E-state index contributed by atoms with van der Waals surface area (Å²) in [4.78, 5) is 26.3. The Kier molecular flexibility index (Phi) is 5.71. The minimum absolute atomic E-state index is 0.171. The second-order valence-corrected chi connectivity index (χ2v) is 6.93. The van der Waals surface area contributed by atoms with Gasteiger partial charge in [0.2, 0.25) is 0 Å². The summed E-state index contributed by atoms with van der Waals surface area (Å²) in [6, 6.07) is 0. The van der Waals surface area contributed by atoms with Gasteiger partial charge in [0.25, 0.3) is 5.56 Å². The van der Waals surface area contributed by atoms with Crippen LogP contribution in [-0.2, 0) is 4.74 Å². The van der Waals surface area contributed by atoms with Crippen LogP contribution in [0.5, 0.6) is 0 Å². The third-order valence-corrected chi connectivity index (χ3v) is 5.41. The molecular formula is C12H17N3O4S2. The highest BCUT2D eigenvalue weighted by molar-refractivity contribution is 8.78. The van der Waals surface area contributed by atoms with Crippen molar-refractivity contribution in [1.82, 2.24) is 9.55 Å². The van der Waals surface area contributed by atoms with Gasteiger partial charge in [-0.2, -0.15) is 0 Å². The number of aliphatic hydroxyl groups is 1. The van der Waals surface area contributed by atoms with Gasteiger partial charge in [-0.3, -0.25) is 14.3 Å². The maximum Gasteiger partial charge on any atom is 0.330 e. The molecule has 0 aliphatic carbocycles. The van der Waals surface area contributed by atoms with Crippen LogP contribution in [0.25, 0.3) is 0 Å². The second-order valence-electron chi connectivity index (χ2n) is 4.44. The van der Waals surface area contributed by atoms with E-state index in [1.165, 1.54) is 21.6 Å². The molecule has 116 valence electrons. The van der Waals surface area contributed by atoms with E-state index in [1.54, 1.807) is 23.8 Å². The van der Waals surface area contributed by atoms with Crippen LogP contribution in [0, 0.1) is 6.92 Å². The highest BCUT2D eigenvalue weighted by Crippen LogP contribution is 2.39. The van der Waals surface area contributed by atoms with Gasteiger partial charge in [0, 0.05) is 29.0 Å². The molecule has 0 spiro atoms. The molecule has 0 fully saturated rings. The van der Waals surface area contributed by atoms with Gasteiger partial charge in [-0.05, 0) is 13.0 Å². The lowest BCUT2D eigenvalue weighted by Gasteiger charge is -2.15. The average Bonchev–Trinajstić information content (AvgIpc) is 2.86. The molecule has 9 heteroatoms. The lowest BCUT2D eigenvalue weighted by atomic mass is 10.3. The minimum atomic E-state index is -0.633. The smallest absolute Gasteiger partial charge is 0.330 e. The molecule has 1 aromatic rings. The predicted octanol–water partition coefficient (Wildman–Crippen LogP) is -0.0413. The molecule has 0 unspecified atom stereocenters. The molecule has 0 bridgehead atoms. The zero-order valence-electron chi connectivity index (χ0n) is 11.4. The Morgan fingerprint density at radius 2 is 2.29 bits per heavy atom. The van der Waals surface area contributed by atoms with Gasteiger partial charge < -0.3 is 15.6 Å². The number of H-pyrrole nitrogens is 1. The Balaban J connectivity index is 2.23. The lowest BCUT2D eigenvalue weighted by molar-refractivity contribution is -0.0115. The van der Waals surface area contributed by atoms with Gasteiger partial charge in [-0.25, -0.2) is 4.79 Å². The quantitative estimate of drug-likeness (QED) is 0.495. The molecule has 1 aliphatic rings. The normalized spacial score (nSPS) is 21.6. The Bertz CT molecular complexity index is 640. The van der Waals surface area contributed by atoms with Crippen molar-refractivity contribution < 1.29 is 9.84 Å². The van der Waals surface area contributed by atoms with Crippen LogP contribution < -0.4 is 17.0 Å². The first kappa shape index (κ1) is 16.4.